The third-order valence-corrected chi connectivity index (χ3v) is 6.20. The molecule has 3 aromatic rings. The van der Waals surface area contributed by atoms with Crippen LogP contribution in [0.5, 0.6) is 0 Å². The van der Waals surface area contributed by atoms with E-state index in [1.165, 1.54) is 17.4 Å². The van der Waals surface area contributed by atoms with Gasteiger partial charge in [-0.3, -0.25) is 9.69 Å². The molecule has 1 amide bonds. The Bertz CT molecular complexity index is 1000. The third-order valence-electron chi connectivity index (χ3n) is 5.08. The summed E-state index contributed by atoms with van der Waals surface area (Å²) in [4.78, 5) is 20.3. The summed E-state index contributed by atoms with van der Waals surface area (Å²) in [6, 6.07) is 11.0. The van der Waals surface area contributed by atoms with E-state index in [0.29, 0.717) is 22.7 Å². The number of aromatic nitrogens is 1. The van der Waals surface area contributed by atoms with Gasteiger partial charge >= 0.3 is 0 Å². The zero-order valence-electron chi connectivity index (χ0n) is 15.0. The molecule has 1 fully saturated rings. The fourth-order valence-corrected chi connectivity index (χ4v) is 4.72. The Balaban J connectivity index is 1.64. The highest BCUT2D eigenvalue weighted by Gasteiger charge is 2.28. The molecular weight excluding hydrogens is 363 g/mol. The number of nitrogens with zero attached hydrogens (tertiary/aromatic N) is 2. The summed E-state index contributed by atoms with van der Waals surface area (Å²) in [5.41, 5.74) is 8.24. The van der Waals surface area contributed by atoms with E-state index >= 15 is 0 Å². The van der Waals surface area contributed by atoms with Gasteiger partial charge in [0.05, 0.1) is 17.4 Å². The number of carbonyl (C=O) groups is 1. The summed E-state index contributed by atoms with van der Waals surface area (Å²) in [7, 11) is 1.59. The van der Waals surface area contributed by atoms with Crippen molar-refractivity contribution in [3.63, 3.8) is 0 Å². The summed E-state index contributed by atoms with van der Waals surface area (Å²) >= 11 is 1.31. The number of pyridine rings is 1. The minimum absolute atomic E-state index is 0.140. The SMILES string of the molecule is CNC(=O)c1sc2nc([C@H]3CCCN3Cc3ccccc3F)ccc2c1N. The Morgan fingerprint density at radius 2 is 2.19 bits per heavy atom. The molecule has 0 radical (unpaired) electrons. The van der Waals surface area contributed by atoms with Crippen molar-refractivity contribution in [3.05, 3.63) is 58.3 Å². The quantitative estimate of drug-likeness (QED) is 0.719. The number of nitrogens with one attached hydrogen (secondary N) is 1. The number of fused-ring (bicyclic) bond motifs is 1. The van der Waals surface area contributed by atoms with E-state index in [1.54, 1.807) is 13.1 Å². The number of benzene rings is 1. The number of amides is 1. The van der Waals surface area contributed by atoms with Crippen molar-refractivity contribution < 1.29 is 9.18 Å². The van der Waals surface area contributed by atoms with Gasteiger partial charge in [-0.15, -0.1) is 11.3 Å². The summed E-state index contributed by atoms with van der Waals surface area (Å²) < 4.78 is 14.0. The zero-order valence-corrected chi connectivity index (χ0v) is 15.9. The molecule has 7 heteroatoms. The molecule has 1 saturated heterocycles. The van der Waals surface area contributed by atoms with E-state index in [9.17, 15) is 9.18 Å². The van der Waals surface area contributed by atoms with Crippen LogP contribution in [0.3, 0.4) is 0 Å². The molecule has 2 aromatic heterocycles. The molecule has 0 saturated carbocycles. The first kappa shape index (κ1) is 17.9. The van der Waals surface area contributed by atoms with Gasteiger partial charge in [0, 0.05) is 24.5 Å². The van der Waals surface area contributed by atoms with Crippen LogP contribution in [0.15, 0.2) is 36.4 Å². The van der Waals surface area contributed by atoms with Gasteiger partial charge in [0.2, 0.25) is 0 Å². The number of halogens is 1. The molecule has 5 nitrogen and oxygen atoms in total. The predicted molar refractivity (Wildman–Crippen MR) is 106 cm³/mol. The average Bonchev–Trinajstić information content (AvgIpc) is 3.27. The van der Waals surface area contributed by atoms with Crippen molar-refractivity contribution >= 4 is 33.1 Å². The molecular formula is C20H21FN4OS. The summed E-state index contributed by atoms with van der Waals surface area (Å²) in [5.74, 6) is -0.369. The smallest absolute Gasteiger partial charge is 0.263 e. The molecule has 1 aromatic carbocycles. The fourth-order valence-electron chi connectivity index (χ4n) is 3.68. The van der Waals surface area contributed by atoms with Crippen LogP contribution in [-0.4, -0.2) is 29.4 Å². The Labute approximate surface area is 161 Å². The van der Waals surface area contributed by atoms with Crippen LogP contribution in [-0.2, 0) is 6.54 Å². The largest absolute Gasteiger partial charge is 0.397 e. The topological polar surface area (TPSA) is 71.2 Å². The average molecular weight is 384 g/mol. The number of hydrogen-bond acceptors (Lipinski definition) is 5. The van der Waals surface area contributed by atoms with Gasteiger partial charge in [0.25, 0.3) is 5.91 Å². The van der Waals surface area contributed by atoms with Crippen LogP contribution in [0.2, 0.25) is 0 Å². The molecule has 0 bridgehead atoms. The maximum Gasteiger partial charge on any atom is 0.263 e. The highest BCUT2D eigenvalue weighted by Crippen LogP contribution is 2.37. The van der Waals surface area contributed by atoms with Crippen molar-refractivity contribution in [3.8, 4) is 0 Å². The first-order chi connectivity index (χ1) is 13.1. The van der Waals surface area contributed by atoms with E-state index in [0.717, 1.165) is 35.3 Å². The molecule has 1 aliphatic rings. The highest BCUT2D eigenvalue weighted by atomic mass is 32.1. The molecule has 0 unspecified atom stereocenters. The maximum absolute atomic E-state index is 14.0. The molecule has 3 heterocycles. The van der Waals surface area contributed by atoms with E-state index in [4.69, 9.17) is 10.7 Å². The standard InChI is InChI=1S/C20H21FN4OS/c1-23-19(26)18-17(22)13-8-9-15(24-20(13)27-18)16-7-4-10-25(16)11-12-5-2-3-6-14(12)21/h2-3,5-6,8-9,16H,4,7,10-11,22H2,1H3,(H,23,26)/t16-/m1/s1. The molecule has 4 rings (SSSR count). The molecule has 0 spiro atoms. The first-order valence-corrected chi connectivity index (χ1v) is 9.78. The Morgan fingerprint density at radius 1 is 1.37 bits per heavy atom. The molecule has 27 heavy (non-hydrogen) atoms. The predicted octanol–water partition coefficient (Wildman–Crippen LogP) is 3.71. The van der Waals surface area contributed by atoms with Crippen LogP contribution in [0, 0.1) is 5.82 Å². The van der Waals surface area contributed by atoms with E-state index in [2.05, 4.69) is 10.2 Å². The van der Waals surface area contributed by atoms with Gasteiger partial charge in [-0.25, -0.2) is 9.37 Å². The van der Waals surface area contributed by atoms with Gasteiger partial charge in [0.1, 0.15) is 15.5 Å². The lowest BCUT2D eigenvalue weighted by atomic mass is 10.1. The monoisotopic (exact) mass is 384 g/mol. The van der Waals surface area contributed by atoms with Crippen molar-refractivity contribution in [2.75, 3.05) is 19.3 Å². The van der Waals surface area contributed by atoms with Crippen molar-refractivity contribution in [2.45, 2.75) is 25.4 Å². The third kappa shape index (κ3) is 3.28. The summed E-state index contributed by atoms with van der Waals surface area (Å²) in [6.07, 6.45) is 2.03. The van der Waals surface area contributed by atoms with E-state index < -0.39 is 0 Å². The van der Waals surface area contributed by atoms with Crippen molar-refractivity contribution in [1.29, 1.82) is 0 Å². The lowest BCUT2D eigenvalue weighted by Crippen LogP contribution is -2.24. The minimum Gasteiger partial charge on any atom is -0.397 e. The number of nitrogen functional groups attached to an aromatic ring is 1. The number of carbonyl (C=O) groups excluding carboxylic acids is 1. The highest BCUT2D eigenvalue weighted by molar-refractivity contribution is 7.21. The van der Waals surface area contributed by atoms with Gasteiger partial charge in [-0.1, -0.05) is 18.2 Å². The van der Waals surface area contributed by atoms with Crippen LogP contribution in [0.25, 0.3) is 10.2 Å². The molecule has 1 aliphatic heterocycles. The second kappa shape index (κ2) is 7.25. The molecule has 140 valence electrons. The normalized spacial score (nSPS) is 17.5. The van der Waals surface area contributed by atoms with Gasteiger partial charge in [-0.05, 0) is 37.6 Å². The Hall–Kier alpha value is -2.51. The second-order valence-corrected chi connectivity index (χ2v) is 7.73. The molecule has 3 N–H and O–H groups in total. The lowest BCUT2D eigenvalue weighted by molar-refractivity contribution is 0.0968. The lowest BCUT2D eigenvalue weighted by Gasteiger charge is -2.24. The van der Waals surface area contributed by atoms with Gasteiger partial charge in [-0.2, -0.15) is 0 Å². The van der Waals surface area contributed by atoms with Crippen LogP contribution in [0.4, 0.5) is 10.1 Å². The van der Waals surface area contributed by atoms with Crippen LogP contribution < -0.4 is 11.1 Å². The van der Waals surface area contributed by atoms with Crippen LogP contribution >= 0.6 is 11.3 Å². The Morgan fingerprint density at radius 3 is 2.96 bits per heavy atom. The molecule has 1 atom stereocenters. The second-order valence-electron chi connectivity index (χ2n) is 6.73. The Kier molecular flexibility index (Phi) is 4.80. The van der Waals surface area contributed by atoms with Gasteiger partial charge < -0.3 is 11.1 Å². The number of anilines is 1. The number of likely N-dealkylation sites (tertiary alicyclic amines) is 1. The first-order valence-electron chi connectivity index (χ1n) is 8.97. The summed E-state index contributed by atoms with van der Waals surface area (Å²) in [5, 5.41) is 3.42. The summed E-state index contributed by atoms with van der Waals surface area (Å²) in [6.45, 7) is 1.47. The fraction of sp³-hybridized carbons (Fsp3) is 0.300. The van der Waals surface area contributed by atoms with Crippen LogP contribution in [0.1, 0.15) is 39.8 Å². The van der Waals surface area contributed by atoms with Crippen molar-refractivity contribution in [2.24, 2.45) is 0 Å². The maximum atomic E-state index is 14.0. The number of hydrogen-bond donors (Lipinski definition) is 2. The van der Waals surface area contributed by atoms with E-state index in [-0.39, 0.29) is 17.8 Å². The zero-order chi connectivity index (χ0) is 19.0. The van der Waals surface area contributed by atoms with Gasteiger partial charge in [0.15, 0.2) is 0 Å². The van der Waals surface area contributed by atoms with E-state index in [1.807, 2.05) is 24.3 Å². The number of thiophene rings is 1. The molecule has 0 aliphatic carbocycles. The number of nitrogens with two attached hydrogens (primary N) is 1. The minimum atomic E-state index is -0.195. The van der Waals surface area contributed by atoms with Crippen molar-refractivity contribution in [1.82, 2.24) is 15.2 Å². The number of rotatable bonds is 4.